The van der Waals surface area contributed by atoms with Crippen molar-refractivity contribution in [3.63, 3.8) is 0 Å². The van der Waals surface area contributed by atoms with E-state index in [9.17, 15) is 0 Å². The highest BCUT2D eigenvalue weighted by Gasteiger charge is 1.94. The first kappa shape index (κ1) is 15.7. The Hall–Kier alpha value is -0.380. The van der Waals surface area contributed by atoms with E-state index in [1.807, 2.05) is 11.3 Å². The van der Waals surface area contributed by atoms with Crippen LogP contribution in [0.15, 0.2) is 17.5 Å². The zero-order valence-corrected chi connectivity index (χ0v) is 12.4. The van der Waals surface area contributed by atoms with Crippen LogP contribution >= 0.6 is 11.3 Å². The quantitative estimate of drug-likeness (QED) is 0.582. The Morgan fingerprint density at radius 3 is 2.78 bits per heavy atom. The minimum absolute atomic E-state index is 0.874. The molecular weight excluding hydrogens is 242 g/mol. The molecule has 0 aliphatic carbocycles. The van der Waals surface area contributed by atoms with E-state index in [0.717, 1.165) is 26.2 Å². The molecule has 0 saturated heterocycles. The van der Waals surface area contributed by atoms with Crippen molar-refractivity contribution in [1.82, 2.24) is 5.32 Å². The fourth-order valence-electron chi connectivity index (χ4n) is 1.84. The van der Waals surface area contributed by atoms with Gasteiger partial charge in [-0.3, -0.25) is 0 Å². The molecule has 3 heteroatoms. The summed E-state index contributed by atoms with van der Waals surface area (Å²) in [4.78, 5) is 1.43. The summed E-state index contributed by atoms with van der Waals surface area (Å²) in [5.74, 6) is 0. The predicted molar refractivity (Wildman–Crippen MR) is 80.5 cm³/mol. The lowest BCUT2D eigenvalue weighted by Gasteiger charge is -2.04. The summed E-state index contributed by atoms with van der Waals surface area (Å²) in [6.07, 6.45) is 7.43. The molecule has 18 heavy (non-hydrogen) atoms. The summed E-state index contributed by atoms with van der Waals surface area (Å²) >= 11 is 1.82. The molecule has 0 saturated carbocycles. The van der Waals surface area contributed by atoms with Crippen molar-refractivity contribution in [2.75, 3.05) is 26.3 Å². The second-order valence-corrected chi connectivity index (χ2v) is 5.64. The summed E-state index contributed by atoms with van der Waals surface area (Å²) in [5.41, 5.74) is 0. The maximum atomic E-state index is 5.64. The molecule has 0 atom stereocenters. The standard InChI is InChI=1S/C15H27NOS/c1-2-10-16-11-5-3-4-6-12-17-13-9-15-8-7-14-18-15/h7-8,14,16H,2-6,9-13H2,1H3. The van der Waals surface area contributed by atoms with Crippen LogP contribution in [0.4, 0.5) is 0 Å². The lowest BCUT2D eigenvalue weighted by Crippen LogP contribution is -2.15. The number of rotatable bonds is 12. The topological polar surface area (TPSA) is 21.3 Å². The van der Waals surface area contributed by atoms with Gasteiger partial charge in [-0.15, -0.1) is 11.3 Å². The minimum Gasteiger partial charge on any atom is -0.381 e. The Bertz CT molecular complexity index is 261. The molecule has 1 rings (SSSR count). The van der Waals surface area contributed by atoms with E-state index in [4.69, 9.17) is 4.74 Å². The molecule has 0 bridgehead atoms. The first-order valence-corrected chi connectivity index (χ1v) is 8.12. The van der Waals surface area contributed by atoms with Crippen LogP contribution in [0.3, 0.4) is 0 Å². The van der Waals surface area contributed by atoms with Crippen molar-refractivity contribution in [2.24, 2.45) is 0 Å². The molecule has 1 N–H and O–H groups in total. The number of hydrogen-bond donors (Lipinski definition) is 1. The van der Waals surface area contributed by atoms with Gasteiger partial charge < -0.3 is 10.1 Å². The summed E-state index contributed by atoms with van der Waals surface area (Å²) in [6.45, 7) is 6.34. The summed E-state index contributed by atoms with van der Waals surface area (Å²) in [6, 6.07) is 4.28. The van der Waals surface area contributed by atoms with Crippen LogP contribution in [-0.4, -0.2) is 26.3 Å². The van der Waals surface area contributed by atoms with E-state index in [2.05, 4.69) is 29.8 Å². The number of unbranched alkanes of at least 4 members (excludes halogenated alkanes) is 3. The fourth-order valence-corrected chi connectivity index (χ4v) is 2.53. The van der Waals surface area contributed by atoms with Crippen molar-refractivity contribution in [1.29, 1.82) is 0 Å². The third-order valence-electron chi connectivity index (χ3n) is 2.89. The van der Waals surface area contributed by atoms with Crippen molar-refractivity contribution in [3.8, 4) is 0 Å². The smallest absolute Gasteiger partial charge is 0.0514 e. The van der Waals surface area contributed by atoms with E-state index in [0.29, 0.717) is 0 Å². The molecule has 1 aromatic heterocycles. The molecule has 0 unspecified atom stereocenters. The van der Waals surface area contributed by atoms with Crippen LogP contribution < -0.4 is 5.32 Å². The molecule has 0 radical (unpaired) electrons. The fraction of sp³-hybridized carbons (Fsp3) is 0.733. The highest BCUT2D eigenvalue weighted by atomic mass is 32.1. The van der Waals surface area contributed by atoms with Crippen LogP contribution in [0.5, 0.6) is 0 Å². The largest absolute Gasteiger partial charge is 0.381 e. The molecule has 0 fully saturated rings. The Balaban J connectivity index is 1.73. The van der Waals surface area contributed by atoms with E-state index in [1.165, 1.54) is 43.5 Å². The number of thiophene rings is 1. The van der Waals surface area contributed by atoms with Gasteiger partial charge in [0.05, 0.1) is 6.61 Å². The highest BCUT2D eigenvalue weighted by Crippen LogP contribution is 2.09. The van der Waals surface area contributed by atoms with Crippen molar-refractivity contribution in [2.45, 2.75) is 45.4 Å². The minimum atomic E-state index is 0.874. The van der Waals surface area contributed by atoms with Gasteiger partial charge >= 0.3 is 0 Å². The zero-order chi connectivity index (χ0) is 12.9. The summed E-state index contributed by atoms with van der Waals surface area (Å²) < 4.78 is 5.64. The van der Waals surface area contributed by atoms with Gasteiger partial charge in [-0.25, -0.2) is 0 Å². The third-order valence-corrected chi connectivity index (χ3v) is 3.83. The van der Waals surface area contributed by atoms with Gasteiger partial charge in [0, 0.05) is 17.9 Å². The van der Waals surface area contributed by atoms with E-state index in [-0.39, 0.29) is 0 Å². The lowest BCUT2D eigenvalue weighted by atomic mass is 10.2. The Kier molecular flexibility index (Phi) is 10.2. The van der Waals surface area contributed by atoms with Crippen LogP contribution in [0, 0.1) is 0 Å². The molecule has 0 aliphatic heterocycles. The first-order chi connectivity index (χ1) is 8.93. The molecule has 0 spiro atoms. The lowest BCUT2D eigenvalue weighted by molar-refractivity contribution is 0.133. The van der Waals surface area contributed by atoms with Gasteiger partial charge in [0.15, 0.2) is 0 Å². The predicted octanol–water partition coefficient (Wildman–Crippen LogP) is 3.87. The maximum Gasteiger partial charge on any atom is 0.0514 e. The number of ether oxygens (including phenoxy) is 1. The van der Waals surface area contributed by atoms with Crippen molar-refractivity contribution >= 4 is 11.3 Å². The number of hydrogen-bond acceptors (Lipinski definition) is 3. The van der Waals surface area contributed by atoms with Crippen LogP contribution in [0.1, 0.15) is 43.9 Å². The van der Waals surface area contributed by atoms with E-state index in [1.54, 1.807) is 0 Å². The molecule has 2 nitrogen and oxygen atoms in total. The normalized spacial score (nSPS) is 10.9. The molecule has 1 aromatic rings. The average molecular weight is 269 g/mol. The van der Waals surface area contributed by atoms with Gasteiger partial charge in [-0.2, -0.15) is 0 Å². The molecule has 1 heterocycles. The first-order valence-electron chi connectivity index (χ1n) is 7.24. The Morgan fingerprint density at radius 1 is 1.11 bits per heavy atom. The van der Waals surface area contributed by atoms with Crippen LogP contribution in [-0.2, 0) is 11.2 Å². The Labute approximate surface area is 116 Å². The Morgan fingerprint density at radius 2 is 2.00 bits per heavy atom. The van der Waals surface area contributed by atoms with Crippen molar-refractivity contribution in [3.05, 3.63) is 22.4 Å². The third kappa shape index (κ3) is 8.67. The van der Waals surface area contributed by atoms with Gasteiger partial charge in [0.25, 0.3) is 0 Å². The molecule has 104 valence electrons. The van der Waals surface area contributed by atoms with Gasteiger partial charge in [0.2, 0.25) is 0 Å². The second-order valence-electron chi connectivity index (χ2n) is 4.61. The van der Waals surface area contributed by atoms with E-state index >= 15 is 0 Å². The van der Waals surface area contributed by atoms with Gasteiger partial charge in [-0.05, 0) is 43.8 Å². The molecular formula is C15H27NOS. The number of nitrogens with one attached hydrogen (secondary N) is 1. The van der Waals surface area contributed by atoms with Gasteiger partial charge in [0.1, 0.15) is 0 Å². The molecule has 0 aromatic carbocycles. The van der Waals surface area contributed by atoms with Gasteiger partial charge in [-0.1, -0.05) is 25.8 Å². The van der Waals surface area contributed by atoms with Crippen LogP contribution in [0.25, 0.3) is 0 Å². The monoisotopic (exact) mass is 269 g/mol. The second kappa shape index (κ2) is 11.7. The summed E-state index contributed by atoms with van der Waals surface area (Å²) in [5, 5.41) is 5.56. The zero-order valence-electron chi connectivity index (χ0n) is 11.6. The van der Waals surface area contributed by atoms with E-state index < -0.39 is 0 Å². The maximum absolute atomic E-state index is 5.64. The summed E-state index contributed by atoms with van der Waals surface area (Å²) in [7, 11) is 0. The average Bonchev–Trinajstić information content (AvgIpc) is 2.89. The van der Waals surface area contributed by atoms with Crippen molar-refractivity contribution < 1.29 is 4.74 Å². The highest BCUT2D eigenvalue weighted by molar-refractivity contribution is 7.09. The molecule has 0 aliphatic rings. The van der Waals surface area contributed by atoms with Crippen LogP contribution in [0.2, 0.25) is 0 Å². The SMILES string of the molecule is CCCNCCCCCCOCCc1cccs1. The molecule has 0 amide bonds.